The predicted molar refractivity (Wildman–Crippen MR) is 59.9 cm³/mol. The van der Waals surface area contributed by atoms with E-state index in [0.29, 0.717) is 5.82 Å². The average Bonchev–Trinajstić information content (AvgIpc) is 2.59. The lowest BCUT2D eigenvalue weighted by Crippen LogP contribution is -2.25. The molecular weight excluding hydrogens is 250 g/mol. The molecular formula is C9H12ClN3O4. The molecule has 8 heteroatoms. The van der Waals surface area contributed by atoms with Gasteiger partial charge in [-0.05, 0) is 4.92 Å². The SMILES string of the molecule is CC(=O)O[C@H](CCl)Cn1c([N+](=O)[O-])cnc1C. The molecule has 0 aliphatic heterocycles. The summed E-state index contributed by atoms with van der Waals surface area (Å²) in [4.78, 5) is 24.8. The van der Waals surface area contributed by atoms with Gasteiger partial charge in [0.15, 0.2) is 11.9 Å². The van der Waals surface area contributed by atoms with Crippen molar-refractivity contribution >= 4 is 23.4 Å². The molecule has 94 valence electrons. The molecule has 0 aliphatic rings. The molecule has 0 fully saturated rings. The summed E-state index contributed by atoms with van der Waals surface area (Å²) in [6.45, 7) is 3.01. The molecule has 1 rings (SSSR count). The Balaban J connectivity index is 2.88. The van der Waals surface area contributed by atoms with Crippen LogP contribution in [0.2, 0.25) is 0 Å². The van der Waals surface area contributed by atoms with E-state index in [0.717, 1.165) is 6.20 Å². The van der Waals surface area contributed by atoms with Gasteiger partial charge in [-0.2, -0.15) is 0 Å². The van der Waals surface area contributed by atoms with Gasteiger partial charge in [0.25, 0.3) is 0 Å². The lowest BCUT2D eigenvalue weighted by atomic mass is 10.4. The van der Waals surface area contributed by atoms with Crippen LogP contribution in [0.25, 0.3) is 0 Å². The summed E-state index contributed by atoms with van der Waals surface area (Å²) in [6.07, 6.45) is 0.551. The molecule has 0 aliphatic carbocycles. The first kappa shape index (κ1) is 13.4. The van der Waals surface area contributed by atoms with Gasteiger partial charge in [0.2, 0.25) is 0 Å². The number of halogens is 1. The van der Waals surface area contributed by atoms with Crippen LogP contribution in [-0.4, -0.2) is 32.4 Å². The van der Waals surface area contributed by atoms with Gasteiger partial charge in [0.1, 0.15) is 12.7 Å². The van der Waals surface area contributed by atoms with E-state index in [1.54, 1.807) is 6.92 Å². The summed E-state index contributed by atoms with van der Waals surface area (Å²) < 4.78 is 6.28. The number of hydrogen-bond donors (Lipinski definition) is 0. The second kappa shape index (κ2) is 5.62. The molecule has 0 radical (unpaired) electrons. The highest BCUT2D eigenvalue weighted by Crippen LogP contribution is 2.15. The van der Waals surface area contributed by atoms with E-state index in [-0.39, 0.29) is 18.2 Å². The first-order valence-corrected chi connectivity index (χ1v) is 5.38. The number of imidazole rings is 1. The fraction of sp³-hybridized carbons (Fsp3) is 0.556. The third-order valence-corrected chi connectivity index (χ3v) is 2.46. The largest absolute Gasteiger partial charge is 0.457 e. The van der Waals surface area contributed by atoms with Gasteiger partial charge in [0, 0.05) is 13.8 Å². The Morgan fingerprint density at radius 1 is 1.76 bits per heavy atom. The van der Waals surface area contributed by atoms with Crippen molar-refractivity contribution in [2.45, 2.75) is 26.5 Å². The normalized spacial score (nSPS) is 12.2. The number of carbonyl (C=O) groups is 1. The second-order valence-electron chi connectivity index (χ2n) is 3.42. The zero-order valence-corrected chi connectivity index (χ0v) is 10.2. The minimum atomic E-state index is -0.610. The van der Waals surface area contributed by atoms with Crippen molar-refractivity contribution in [1.29, 1.82) is 0 Å². The maximum Gasteiger partial charge on any atom is 0.342 e. The number of rotatable bonds is 5. The van der Waals surface area contributed by atoms with Gasteiger partial charge >= 0.3 is 11.8 Å². The van der Waals surface area contributed by atoms with Crippen LogP contribution in [0.5, 0.6) is 0 Å². The van der Waals surface area contributed by atoms with Gasteiger partial charge in [-0.25, -0.2) is 9.55 Å². The quantitative estimate of drug-likeness (QED) is 0.345. The zero-order valence-electron chi connectivity index (χ0n) is 9.42. The fourth-order valence-electron chi connectivity index (χ4n) is 1.38. The van der Waals surface area contributed by atoms with E-state index >= 15 is 0 Å². The number of aryl methyl sites for hydroxylation is 1. The number of aromatic nitrogens is 2. The number of hydrogen-bond acceptors (Lipinski definition) is 5. The monoisotopic (exact) mass is 261 g/mol. The van der Waals surface area contributed by atoms with Crippen LogP contribution in [0.4, 0.5) is 5.82 Å². The highest BCUT2D eigenvalue weighted by atomic mass is 35.5. The number of esters is 1. The van der Waals surface area contributed by atoms with Crippen LogP contribution in [0.15, 0.2) is 6.20 Å². The molecule has 17 heavy (non-hydrogen) atoms. The molecule has 1 heterocycles. The van der Waals surface area contributed by atoms with Crippen LogP contribution in [-0.2, 0) is 16.1 Å². The van der Waals surface area contributed by atoms with Crippen LogP contribution in [0.1, 0.15) is 12.7 Å². The Morgan fingerprint density at radius 3 is 2.88 bits per heavy atom. The van der Waals surface area contributed by atoms with Crippen molar-refractivity contribution in [2.75, 3.05) is 5.88 Å². The molecule has 0 saturated carbocycles. The van der Waals surface area contributed by atoms with Crippen molar-refractivity contribution in [2.24, 2.45) is 0 Å². The molecule has 1 aromatic rings. The van der Waals surface area contributed by atoms with E-state index in [2.05, 4.69) is 4.98 Å². The maximum absolute atomic E-state index is 10.8. The molecule has 0 spiro atoms. The van der Waals surface area contributed by atoms with Crippen molar-refractivity contribution in [1.82, 2.24) is 9.55 Å². The predicted octanol–water partition coefficient (Wildman–Crippen LogP) is 1.27. The zero-order chi connectivity index (χ0) is 13.0. The van der Waals surface area contributed by atoms with Crippen LogP contribution < -0.4 is 0 Å². The summed E-state index contributed by atoms with van der Waals surface area (Å²) in [6, 6.07) is 0. The smallest absolute Gasteiger partial charge is 0.342 e. The van der Waals surface area contributed by atoms with E-state index in [4.69, 9.17) is 16.3 Å². The third kappa shape index (κ3) is 3.42. The third-order valence-electron chi connectivity index (χ3n) is 2.11. The van der Waals surface area contributed by atoms with Crippen molar-refractivity contribution < 1.29 is 14.5 Å². The Labute approximate surface area is 102 Å². The Bertz CT molecular complexity index is 432. The molecule has 0 unspecified atom stereocenters. The number of nitro groups is 1. The van der Waals surface area contributed by atoms with Crippen LogP contribution >= 0.6 is 11.6 Å². The van der Waals surface area contributed by atoms with E-state index < -0.39 is 17.0 Å². The molecule has 0 bridgehead atoms. The van der Waals surface area contributed by atoms with Gasteiger partial charge < -0.3 is 14.9 Å². The first-order chi connectivity index (χ1) is 7.95. The van der Waals surface area contributed by atoms with E-state index in [1.807, 2.05) is 0 Å². The van der Waals surface area contributed by atoms with Gasteiger partial charge in [0.05, 0.1) is 5.88 Å². The Morgan fingerprint density at radius 2 is 2.41 bits per heavy atom. The molecule has 0 saturated heterocycles. The van der Waals surface area contributed by atoms with Gasteiger partial charge in [-0.3, -0.25) is 4.79 Å². The Kier molecular flexibility index (Phi) is 4.45. The lowest BCUT2D eigenvalue weighted by molar-refractivity contribution is -0.392. The minimum absolute atomic E-state index is 0.0638. The molecule has 1 atom stereocenters. The fourth-order valence-corrected chi connectivity index (χ4v) is 1.54. The summed E-state index contributed by atoms with van der Waals surface area (Å²) in [5.41, 5.74) is 0. The van der Waals surface area contributed by atoms with E-state index in [9.17, 15) is 14.9 Å². The number of alkyl halides is 1. The molecule has 0 aromatic carbocycles. The summed E-state index contributed by atoms with van der Waals surface area (Å²) >= 11 is 5.63. The molecule has 7 nitrogen and oxygen atoms in total. The van der Waals surface area contributed by atoms with Crippen LogP contribution in [0, 0.1) is 17.0 Å². The molecule has 1 aromatic heterocycles. The standard InChI is InChI=1S/C9H12ClN3O4/c1-6-11-4-9(13(15)16)12(6)5-8(3-10)17-7(2)14/h4,8H,3,5H2,1-2H3/t8-/m1/s1. The summed E-state index contributed by atoms with van der Waals surface area (Å²) in [5.74, 6) is -0.0891. The topological polar surface area (TPSA) is 87.3 Å². The number of carbonyl (C=O) groups excluding carboxylic acids is 1. The minimum Gasteiger partial charge on any atom is -0.457 e. The van der Waals surface area contributed by atoms with Gasteiger partial charge in [-0.15, -0.1) is 11.6 Å². The van der Waals surface area contributed by atoms with Gasteiger partial charge in [-0.1, -0.05) is 0 Å². The first-order valence-electron chi connectivity index (χ1n) is 4.85. The summed E-state index contributed by atoms with van der Waals surface area (Å²) in [5, 5.41) is 10.7. The van der Waals surface area contributed by atoms with Crippen molar-refractivity contribution in [3.63, 3.8) is 0 Å². The summed E-state index contributed by atoms with van der Waals surface area (Å²) in [7, 11) is 0. The molecule has 0 amide bonds. The highest BCUT2D eigenvalue weighted by molar-refractivity contribution is 6.18. The average molecular weight is 262 g/mol. The van der Waals surface area contributed by atoms with Crippen LogP contribution in [0.3, 0.4) is 0 Å². The number of ether oxygens (including phenoxy) is 1. The molecule has 0 N–H and O–H groups in total. The van der Waals surface area contributed by atoms with E-state index in [1.165, 1.54) is 11.5 Å². The van der Waals surface area contributed by atoms with Crippen molar-refractivity contribution in [3.8, 4) is 0 Å². The van der Waals surface area contributed by atoms with Crippen molar-refractivity contribution in [3.05, 3.63) is 22.1 Å². The highest BCUT2D eigenvalue weighted by Gasteiger charge is 2.22. The second-order valence-corrected chi connectivity index (χ2v) is 3.73. The maximum atomic E-state index is 10.8. The Hall–Kier alpha value is -1.63. The lowest BCUT2D eigenvalue weighted by Gasteiger charge is -2.13. The number of nitrogens with zero attached hydrogens (tertiary/aromatic N) is 3.